The maximum Gasteiger partial charge on any atom is 0.416 e. The predicted molar refractivity (Wildman–Crippen MR) is 131 cm³/mol. The molecule has 0 radical (unpaired) electrons. The second-order valence-corrected chi connectivity index (χ2v) is 10.9. The Kier molecular flexibility index (Phi) is 6.72. The Balaban J connectivity index is 1.78. The molecule has 4 rings (SSSR count). The molecular formula is C24H16ClF3N2O3S2. The van der Waals surface area contributed by atoms with Crippen molar-refractivity contribution in [3.8, 4) is 21.7 Å². The molecule has 5 nitrogen and oxygen atoms in total. The Morgan fingerprint density at radius 2 is 1.80 bits per heavy atom. The van der Waals surface area contributed by atoms with E-state index in [1.807, 2.05) is 0 Å². The fourth-order valence-corrected chi connectivity index (χ4v) is 4.95. The molecule has 0 aliphatic heterocycles. The lowest BCUT2D eigenvalue weighted by Crippen LogP contribution is -2.14. The van der Waals surface area contributed by atoms with Crippen molar-refractivity contribution in [1.82, 2.24) is 4.98 Å². The van der Waals surface area contributed by atoms with Crippen molar-refractivity contribution in [2.75, 3.05) is 11.6 Å². The lowest BCUT2D eigenvalue weighted by Gasteiger charge is -2.14. The number of thiazole rings is 1. The van der Waals surface area contributed by atoms with Crippen molar-refractivity contribution >= 4 is 44.4 Å². The number of nitrogens with zero attached hydrogens (tertiary/aromatic N) is 1. The molecule has 0 unspecified atom stereocenters. The highest BCUT2D eigenvalue weighted by atomic mass is 35.5. The maximum absolute atomic E-state index is 13.3. The molecule has 1 heterocycles. The molecule has 1 amide bonds. The Labute approximate surface area is 208 Å². The first-order valence-corrected chi connectivity index (χ1v) is 13.1. The number of alkyl halides is 3. The van der Waals surface area contributed by atoms with E-state index in [4.69, 9.17) is 11.6 Å². The average molecular weight is 537 g/mol. The molecule has 35 heavy (non-hydrogen) atoms. The van der Waals surface area contributed by atoms with E-state index in [0.29, 0.717) is 21.3 Å². The molecule has 11 heteroatoms. The van der Waals surface area contributed by atoms with Gasteiger partial charge < -0.3 is 5.32 Å². The number of aromatic nitrogens is 1. The fraction of sp³-hybridized carbons (Fsp3) is 0.0833. The van der Waals surface area contributed by atoms with E-state index in [1.54, 1.807) is 29.8 Å². The van der Waals surface area contributed by atoms with Gasteiger partial charge in [0.1, 0.15) is 5.01 Å². The summed E-state index contributed by atoms with van der Waals surface area (Å²) in [5.41, 5.74) is 0.164. The SMILES string of the molecule is CS(=O)(=O)c1ccc(C(=O)Nc2ccc(Cl)c(-c3nccs3)c2)c(-c2cccc(C(F)(F)F)c2)c1. The largest absolute Gasteiger partial charge is 0.416 e. The number of hydrogen-bond donors (Lipinski definition) is 1. The van der Waals surface area contributed by atoms with E-state index in [0.717, 1.165) is 18.4 Å². The van der Waals surface area contributed by atoms with Crippen molar-refractivity contribution < 1.29 is 26.4 Å². The van der Waals surface area contributed by atoms with E-state index >= 15 is 0 Å². The van der Waals surface area contributed by atoms with Crippen LogP contribution in [0.2, 0.25) is 5.02 Å². The molecule has 0 saturated heterocycles. The van der Waals surface area contributed by atoms with Crippen LogP contribution < -0.4 is 5.32 Å². The van der Waals surface area contributed by atoms with Gasteiger partial charge in [-0.2, -0.15) is 13.2 Å². The summed E-state index contributed by atoms with van der Waals surface area (Å²) in [5, 5.41) is 5.57. The van der Waals surface area contributed by atoms with Gasteiger partial charge in [-0.3, -0.25) is 4.79 Å². The van der Waals surface area contributed by atoms with Gasteiger partial charge in [-0.15, -0.1) is 11.3 Å². The van der Waals surface area contributed by atoms with E-state index in [9.17, 15) is 26.4 Å². The zero-order chi connectivity index (χ0) is 25.4. The summed E-state index contributed by atoms with van der Waals surface area (Å²) in [5.74, 6) is -0.634. The smallest absolute Gasteiger partial charge is 0.322 e. The lowest BCUT2D eigenvalue weighted by atomic mass is 9.97. The summed E-state index contributed by atoms with van der Waals surface area (Å²) in [6.07, 6.45) is -2.01. The molecule has 0 atom stereocenters. The van der Waals surface area contributed by atoms with E-state index in [-0.39, 0.29) is 21.6 Å². The monoisotopic (exact) mass is 536 g/mol. The number of carbonyl (C=O) groups excluding carboxylic acids is 1. The Bertz CT molecular complexity index is 1520. The third kappa shape index (κ3) is 5.55. The normalized spacial score (nSPS) is 11.9. The second-order valence-electron chi connectivity index (χ2n) is 7.54. The molecule has 0 saturated carbocycles. The Morgan fingerprint density at radius 1 is 1.03 bits per heavy atom. The minimum atomic E-state index is -4.61. The molecule has 0 fully saturated rings. The van der Waals surface area contributed by atoms with Gasteiger partial charge in [-0.25, -0.2) is 13.4 Å². The molecule has 3 aromatic carbocycles. The molecule has 0 bridgehead atoms. The van der Waals surface area contributed by atoms with Crippen molar-refractivity contribution in [3.05, 3.63) is 88.4 Å². The summed E-state index contributed by atoms with van der Waals surface area (Å²) >= 11 is 7.63. The summed E-state index contributed by atoms with van der Waals surface area (Å²) in [4.78, 5) is 17.3. The van der Waals surface area contributed by atoms with Crippen LogP contribution in [0.4, 0.5) is 18.9 Å². The number of hydrogen-bond acceptors (Lipinski definition) is 5. The van der Waals surface area contributed by atoms with Gasteiger partial charge in [0, 0.05) is 34.6 Å². The zero-order valence-corrected chi connectivity index (χ0v) is 20.3. The van der Waals surface area contributed by atoms with E-state index < -0.39 is 27.5 Å². The van der Waals surface area contributed by atoms with Gasteiger partial charge in [0.25, 0.3) is 5.91 Å². The van der Waals surface area contributed by atoms with Gasteiger partial charge in [0.15, 0.2) is 9.84 Å². The van der Waals surface area contributed by atoms with Crippen molar-refractivity contribution in [2.24, 2.45) is 0 Å². The summed E-state index contributed by atoms with van der Waals surface area (Å²) < 4.78 is 64.1. The highest BCUT2D eigenvalue weighted by molar-refractivity contribution is 7.90. The topological polar surface area (TPSA) is 76.1 Å². The average Bonchev–Trinajstić information content (AvgIpc) is 3.33. The van der Waals surface area contributed by atoms with Gasteiger partial charge in [-0.1, -0.05) is 23.7 Å². The summed E-state index contributed by atoms with van der Waals surface area (Å²) in [6.45, 7) is 0. The van der Waals surface area contributed by atoms with E-state index in [2.05, 4.69) is 10.3 Å². The highest BCUT2D eigenvalue weighted by Gasteiger charge is 2.31. The number of amides is 1. The number of benzene rings is 3. The lowest BCUT2D eigenvalue weighted by molar-refractivity contribution is -0.137. The molecule has 4 aromatic rings. The van der Waals surface area contributed by atoms with Crippen LogP contribution in [0.3, 0.4) is 0 Å². The van der Waals surface area contributed by atoms with Gasteiger partial charge in [0.2, 0.25) is 0 Å². The van der Waals surface area contributed by atoms with Crippen LogP contribution in [0.15, 0.2) is 77.1 Å². The molecule has 0 aliphatic carbocycles. The summed E-state index contributed by atoms with van der Waals surface area (Å²) in [6, 6.07) is 12.9. The number of carbonyl (C=O) groups is 1. The first-order valence-electron chi connectivity index (χ1n) is 9.96. The van der Waals surface area contributed by atoms with Crippen LogP contribution in [0.1, 0.15) is 15.9 Å². The molecule has 0 spiro atoms. The maximum atomic E-state index is 13.3. The third-order valence-corrected chi connectivity index (χ3v) is 7.30. The standard InChI is InChI=1S/C24H16ClF3N2O3S2/c1-35(32,33)17-6-7-18(19(13-17)14-3-2-4-15(11-14)24(26,27)28)22(31)30-16-5-8-21(25)20(12-16)23-29-9-10-34-23/h2-13H,1H3,(H,30,31). The Hall–Kier alpha value is -3.21. The van der Waals surface area contributed by atoms with Crippen molar-refractivity contribution in [2.45, 2.75) is 11.1 Å². The fourth-order valence-electron chi connectivity index (χ4n) is 3.38. The summed E-state index contributed by atoms with van der Waals surface area (Å²) in [7, 11) is -3.68. The molecule has 1 N–H and O–H groups in total. The predicted octanol–water partition coefficient (Wildman–Crippen LogP) is 6.81. The zero-order valence-electron chi connectivity index (χ0n) is 17.9. The molecular weight excluding hydrogens is 521 g/mol. The first-order chi connectivity index (χ1) is 16.4. The number of rotatable bonds is 5. The minimum Gasteiger partial charge on any atom is -0.322 e. The van der Waals surface area contributed by atoms with Gasteiger partial charge in [-0.05, 0) is 59.7 Å². The second kappa shape index (κ2) is 9.44. The van der Waals surface area contributed by atoms with E-state index in [1.165, 1.54) is 41.7 Å². The highest BCUT2D eigenvalue weighted by Crippen LogP contribution is 2.35. The minimum absolute atomic E-state index is 0.00229. The number of nitrogens with one attached hydrogen (secondary N) is 1. The first kappa shape index (κ1) is 24.9. The van der Waals surface area contributed by atoms with Crippen LogP contribution in [-0.2, 0) is 16.0 Å². The van der Waals surface area contributed by atoms with Gasteiger partial charge in [0.05, 0.1) is 15.5 Å². The van der Waals surface area contributed by atoms with Crippen molar-refractivity contribution in [3.63, 3.8) is 0 Å². The van der Waals surface area contributed by atoms with Crippen LogP contribution >= 0.6 is 22.9 Å². The molecule has 0 aliphatic rings. The van der Waals surface area contributed by atoms with Crippen LogP contribution in [0, 0.1) is 0 Å². The van der Waals surface area contributed by atoms with Gasteiger partial charge >= 0.3 is 6.18 Å². The third-order valence-electron chi connectivity index (χ3n) is 5.05. The number of anilines is 1. The number of sulfone groups is 1. The van der Waals surface area contributed by atoms with Crippen LogP contribution in [0.25, 0.3) is 21.7 Å². The Morgan fingerprint density at radius 3 is 2.46 bits per heavy atom. The van der Waals surface area contributed by atoms with Crippen LogP contribution in [-0.4, -0.2) is 25.6 Å². The van der Waals surface area contributed by atoms with Crippen molar-refractivity contribution in [1.29, 1.82) is 0 Å². The number of halogens is 4. The quantitative estimate of drug-likeness (QED) is 0.304. The molecule has 180 valence electrons. The van der Waals surface area contributed by atoms with Crippen LogP contribution in [0.5, 0.6) is 0 Å². The molecule has 1 aromatic heterocycles.